The van der Waals surface area contributed by atoms with E-state index in [0.29, 0.717) is 12.2 Å². The molecule has 1 saturated carbocycles. The van der Waals surface area contributed by atoms with Crippen molar-refractivity contribution < 1.29 is 8.42 Å². The predicted molar refractivity (Wildman–Crippen MR) is 79.0 cm³/mol. The number of aryl methyl sites for hydroxylation is 1. The second kappa shape index (κ2) is 5.57. The highest BCUT2D eigenvalue weighted by molar-refractivity contribution is 7.90. The Hall–Kier alpha value is -1.73. The zero-order chi connectivity index (χ0) is 14.9. The fourth-order valence-electron chi connectivity index (χ4n) is 2.52. The molecule has 1 aromatic carbocycles. The lowest BCUT2D eigenvalue weighted by atomic mass is 10.1. The first-order valence-corrected chi connectivity index (χ1v) is 8.56. The summed E-state index contributed by atoms with van der Waals surface area (Å²) in [5.41, 5.74) is 1.09. The third-order valence-corrected chi connectivity index (χ3v) is 5.69. The Morgan fingerprint density at radius 2 is 2.10 bits per heavy atom. The highest BCUT2D eigenvalue weighted by atomic mass is 32.2. The zero-order valence-electron chi connectivity index (χ0n) is 11.8. The van der Waals surface area contributed by atoms with Crippen LogP contribution in [0.3, 0.4) is 0 Å². The third-order valence-electron chi connectivity index (χ3n) is 3.83. The summed E-state index contributed by atoms with van der Waals surface area (Å²) in [5.74, 6) is 0.741. The lowest BCUT2D eigenvalue weighted by Gasteiger charge is -2.07. The van der Waals surface area contributed by atoms with Gasteiger partial charge in [0.1, 0.15) is 12.2 Å². The largest absolute Gasteiger partial charge is 0.317 e. The molecule has 21 heavy (non-hydrogen) atoms. The van der Waals surface area contributed by atoms with Gasteiger partial charge in [-0.2, -0.15) is 0 Å². The molecule has 0 amide bonds. The average Bonchev–Trinajstić information content (AvgIpc) is 3.19. The average molecular weight is 306 g/mol. The number of aromatic nitrogens is 3. The normalized spacial score (nSPS) is 21.4. The summed E-state index contributed by atoms with van der Waals surface area (Å²) >= 11 is 0. The number of nitrogens with one attached hydrogen (secondary N) is 1. The predicted octanol–water partition coefficient (Wildman–Crippen LogP) is 1.27. The number of hydrogen-bond donors (Lipinski definition) is 1. The molecule has 7 heteroatoms. The van der Waals surface area contributed by atoms with Crippen LogP contribution in [0.25, 0.3) is 0 Å². The minimum absolute atomic E-state index is 0.104. The van der Waals surface area contributed by atoms with Gasteiger partial charge in [-0.1, -0.05) is 30.3 Å². The van der Waals surface area contributed by atoms with Crippen molar-refractivity contribution in [1.29, 1.82) is 0 Å². The Morgan fingerprint density at radius 3 is 2.81 bits per heavy atom. The third kappa shape index (κ3) is 2.98. The van der Waals surface area contributed by atoms with Gasteiger partial charge in [-0.3, -0.25) is 0 Å². The van der Waals surface area contributed by atoms with E-state index in [-0.39, 0.29) is 17.7 Å². The molecule has 1 aromatic heterocycles. The minimum Gasteiger partial charge on any atom is -0.317 e. The molecule has 1 fully saturated rings. The molecule has 0 radical (unpaired) electrons. The Kier molecular flexibility index (Phi) is 3.77. The number of rotatable bonds is 6. The van der Waals surface area contributed by atoms with Gasteiger partial charge >= 0.3 is 0 Å². The van der Waals surface area contributed by atoms with Gasteiger partial charge in [-0.15, -0.1) is 10.2 Å². The first-order valence-electron chi connectivity index (χ1n) is 7.02. The topological polar surface area (TPSA) is 76.9 Å². The molecule has 0 unspecified atom stereocenters. The molecule has 1 N–H and O–H groups in total. The molecule has 1 aliphatic carbocycles. The first kappa shape index (κ1) is 14.2. The van der Waals surface area contributed by atoms with Crippen molar-refractivity contribution in [2.24, 2.45) is 0 Å². The molecule has 0 bridgehead atoms. The van der Waals surface area contributed by atoms with Crippen molar-refractivity contribution in [2.45, 2.75) is 37.6 Å². The van der Waals surface area contributed by atoms with E-state index in [1.165, 1.54) is 0 Å². The van der Waals surface area contributed by atoms with Crippen LogP contribution in [0.2, 0.25) is 0 Å². The maximum absolute atomic E-state index is 12.3. The van der Waals surface area contributed by atoms with Gasteiger partial charge < -0.3 is 4.57 Å². The minimum atomic E-state index is -3.32. The summed E-state index contributed by atoms with van der Waals surface area (Å²) < 4.78 is 29.1. The number of sulfonamides is 1. The van der Waals surface area contributed by atoms with E-state index < -0.39 is 10.0 Å². The van der Waals surface area contributed by atoms with Gasteiger partial charge in [0.15, 0.2) is 0 Å². The van der Waals surface area contributed by atoms with Crippen LogP contribution in [-0.2, 0) is 23.1 Å². The molecule has 0 spiro atoms. The van der Waals surface area contributed by atoms with Crippen LogP contribution in [-0.4, -0.2) is 28.4 Å². The number of hydrogen-bond acceptors (Lipinski definition) is 4. The van der Waals surface area contributed by atoms with Crippen LogP contribution < -0.4 is 4.72 Å². The number of benzene rings is 1. The summed E-state index contributed by atoms with van der Waals surface area (Å²) in [6, 6.07) is 9.77. The van der Waals surface area contributed by atoms with Crippen LogP contribution in [0.5, 0.6) is 0 Å². The standard InChI is InChI=1S/C14H18N4O2S/c1-2-18-10-15-17-14(18)9-16-21(19,20)13-8-12(13)11-6-4-3-5-7-11/h3-7,10,12-13,16H,2,8-9H2,1H3/t12-,13+/m0/s1. The van der Waals surface area contributed by atoms with E-state index >= 15 is 0 Å². The van der Waals surface area contributed by atoms with Crippen molar-refractivity contribution >= 4 is 10.0 Å². The van der Waals surface area contributed by atoms with Crippen molar-refractivity contribution in [3.05, 3.63) is 48.0 Å². The molecule has 1 heterocycles. The Bertz CT molecular complexity index is 712. The van der Waals surface area contributed by atoms with Crippen LogP contribution in [0.1, 0.15) is 30.7 Å². The summed E-state index contributed by atoms with van der Waals surface area (Å²) in [7, 11) is -3.32. The number of nitrogens with zero attached hydrogens (tertiary/aromatic N) is 3. The lowest BCUT2D eigenvalue weighted by molar-refractivity contribution is 0.573. The van der Waals surface area contributed by atoms with Crippen LogP contribution in [0, 0.1) is 0 Å². The van der Waals surface area contributed by atoms with Crippen LogP contribution in [0.4, 0.5) is 0 Å². The van der Waals surface area contributed by atoms with Gasteiger partial charge in [0, 0.05) is 12.5 Å². The fraction of sp³-hybridized carbons (Fsp3) is 0.429. The Labute approximate surface area is 124 Å². The SMILES string of the molecule is CCn1cnnc1CNS(=O)(=O)[C@@H]1C[C@H]1c1ccccc1. The second-order valence-corrected chi connectivity index (χ2v) is 7.17. The molecule has 0 saturated heterocycles. The quantitative estimate of drug-likeness (QED) is 0.872. The van der Waals surface area contributed by atoms with E-state index in [2.05, 4.69) is 14.9 Å². The van der Waals surface area contributed by atoms with Crippen LogP contribution in [0.15, 0.2) is 36.7 Å². The van der Waals surface area contributed by atoms with Gasteiger partial charge in [-0.05, 0) is 18.9 Å². The molecular formula is C14H18N4O2S. The van der Waals surface area contributed by atoms with Crippen molar-refractivity contribution in [3.8, 4) is 0 Å². The van der Waals surface area contributed by atoms with E-state index in [9.17, 15) is 8.42 Å². The Balaban J connectivity index is 1.64. The lowest BCUT2D eigenvalue weighted by Crippen LogP contribution is -2.28. The van der Waals surface area contributed by atoms with E-state index in [1.54, 1.807) is 6.33 Å². The van der Waals surface area contributed by atoms with Crippen molar-refractivity contribution in [3.63, 3.8) is 0 Å². The molecule has 0 aliphatic heterocycles. The van der Waals surface area contributed by atoms with Crippen molar-refractivity contribution in [2.75, 3.05) is 0 Å². The molecular weight excluding hydrogens is 288 g/mol. The molecule has 112 valence electrons. The maximum Gasteiger partial charge on any atom is 0.215 e. The molecule has 1 aliphatic rings. The molecule has 2 aromatic rings. The molecule has 6 nitrogen and oxygen atoms in total. The summed E-state index contributed by atoms with van der Waals surface area (Å²) in [4.78, 5) is 0. The van der Waals surface area contributed by atoms with Gasteiger partial charge in [0.25, 0.3) is 0 Å². The van der Waals surface area contributed by atoms with Gasteiger partial charge in [-0.25, -0.2) is 13.1 Å². The summed E-state index contributed by atoms with van der Waals surface area (Å²) in [5, 5.41) is 7.39. The summed E-state index contributed by atoms with van der Waals surface area (Å²) in [6.07, 6.45) is 2.29. The molecule has 3 rings (SSSR count). The van der Waals surface area contributed by atoms with E-state index in [4.69, 9.17) is 0 Å². The van der Waals surface area contributed by atoms with Crippen LogP contribution >= 0.6 is 0 Å². The molecule has 2 atom stereocenters. The monoisotopic (exact) mass is 306 g/mol. The zero-order valence-corrected chi connectivity index (χ0v) is 12.6. The van der Waals surface area contributed by atoms with Crippen molar-refractivity contribution in [1.82, 2.24) is 19.5 Å². The smallest absolute Gasteiger partial charge is 0.215 e. The summed E-state index contributed by atoms with van der Waals surface area (Å²) in [6.45, 7) is 2.88. The Morgan fingerprint density at radius 1 is 1.33 bits per heavy atom. The van der Waals surface area contributed by atoms with Gasteiger partial charge in [0.05, 0.1) is 11.8 Å². The highest BCUT2D eigenvalue weighted by Gasteiger charge is 2.47. The van der Waals surface area contributed by atoms with Gasteiger partial charge in [0.2, 0.25) is 10.0 Å². The fourth-order valence-corrected chi connectivity index (χ4v) is 4.11. The second-order valence-electron chi connectivity index (χ2n) is 5.19. The maximum atomic E-state index is 12.3. The highest BCUT2D eigenvalue weighted by Crippen LogP contribution is 2.45. The van der Waals surface area contributed by atoms with E-state index in [0.717, 1.165) is 12.1 Å². The van der Waals surface area contributed by atoms with E-state index in [1.807, 2.05) is 41.8 Å². The first-order chi connectivity index (χ1) is 10.1.